The van der Waals surface area contributed by atoms with E-state index in [1.807, 2.05) is 0 Å². The van der Waals surface area contributed by atoms with Gasteiger partial charge < -0.3 is 10.1 Å². The van der Waals surface area contributed by atoms with Crippen LogP contribution >= 0.6 is 12.4 Å². The Morgan fingerprint density at radius 2 is 1.78 bits per heavy atom. The molecule has 1 saturated carbocycles. The lowest BCUT2D eigenvalue weighted by atomic mass is 9.74. The molecule has 18 heavy (non-hydrogen) atoms. The summed E-state index contributed by atoms with van der Waals surface area (Å²) in [4.78, 5) is 0. The zero-order valence-electron chi connectivity index (χ0n) is 10.7. The lowest BCUT2D eigenvalue weighted by Crippen LogP contribution is -2.59. The number of rotatable bonds is 3. The molecule has 1 aliphatic carbocycles. The van der Waals surface area contributed by atoms with E-state index in [9.17, 15) is 0 Å². The summed E-state index contributed by atoms with van der Waals surface area (Å²) in [5.41, 5.74) is 1.79. The Morgan fingerprint density at radius 3 is 2.33 bits per heavy atom. The Labute approximate surface area is 116 Å². The first-order chi connectivity index (χ1) is 8.36. The smallest absolute Gasteiger partial charge is 0.0720 e. The van der Waals surface area contributed by atoms with Crippen LogP contribution in [0.3, 0.4) is 0 Å². The fourth-order valence-corrected chi connectivity index (χ4v) is 3.00. The lowest BCUT2D eigenvalue weighted by Gasteiger charge is -2.47. The summed E-state index contributed by atoms with van der Waals surface area (Å²) in [5, 5.41) is 3.60. The van der Waals surface area contributed by atoms with Crippen molar-refractivity contribution in [3.63, 3.8) is 0 Å². The van der Waals surface area contributed by atoms with Gasteiger partial charge in [-0.3, -0.25) is 0 Å². The van der Waals surface area contributed by atoms with E-state index >= 15 is 0 Å². The normalized spacial score (nSPS) is 30.6. The van der Waals surface area contributed by atoms with Gasteiger partial charge in [0.15, 0.2) is 0 Å². The first-order valence-corrected chi connectivity index (χ1v) is 6.77. The largest absolute Gasteiger partial charge is 0.374 e. The van der Waals surface area contributed by atoms with Gasteiger partial charge in [-0.2, -0.15) is 0 Å². The van der Waals surface area contributed by atoms with Gasteiger partial charge in [0.05, 0.1) is 12.7 Å². The van der Waals surface area contributed by atoms with Crippen molar-refractivity contribution in [2.75, 3.05) is 6.54 Å². The maximum absolute atomic E-state index is 6.00. The molecule has 2 fully saturated rings. The maximum atomic E-state index is 6.00. The molecule has 2 aliphatic rings. The number of nitrogens with one attached hydrogen (secondary N) is 1. The predicted molar refractivity (Wildman–Crippen MR) is 76.1 cm³/mol. The van der Waals surface area contributed by atoms with Crippen molar-refractivity contribution in [3.05, 3.63) is 35.9 Å². The van der Waals surface area contributed by atoms with Crippen LogP contribution in [0.5, 0.6) is 0 Å². The minimum atomic E-state index is 0. The monoisotopic (exact) mass is 267 g/mol. The third-order valence-corrected chi connectivity index (χ3v) is 4.32. The van der Waals surface area contributed by atoms with Gasteiger partial charge in [-0.05, 0) is 44.2 Å². The second kappa shape index (κ2) is 6.05. The minimum Gasteiger partial charge on any atom is -0.374 e. The number of ether oxygens (including phenoxy) is 1. The number of halogens is 1. The van der Waals surface area contributed by atoms with Crippen molar-refractivity contribution >= 4 is 12.4 Å². The molecule has 2 nitrogen and oxygen atoms in total. The molecule has 0 atom stereocenters. The topological polar surface area (TPSA) is 21.3 Å². The van der Waals surface area contributed by atoms with Crippen molar-refractivity contribution in [2.24, 2.45) is 0 Å². The van der Waals surface area contributed by atoms with Crippen LogP contribution in [0.1, 0.15) is 37.7 Å². The van der Waals surface area contributed by atoms with Gasteiger partial charge in [0, 0.05) is 5.54 Å². The van der Waals surface area contributed by atoms with Crippen LogP contribution in [0.4, 0.5) is 0 Å². The summed E-state index contributed by atoms with van der Waals surface area (Å²) in [6.45, 7) is 1.99. The molecule has 1 N–H and O–H groups in total. The number of hydrogen-bond acceptors (Lipinski definition) is 2. The molecule has 1 heterocycles. The Balaban J connectivity index is 0.00000120. The first-order valence-electron chi connectivity index (χ1n) is 6.77. The molecule has 0 amide bonds. The first kappa shape index (κ1) is 13.9. The van der Waals surface area contributed by atoms with Crippen molar-refractivity contribution < 1.29 is 4.74 Å². The standard InChI is InChI=1S/C15H21NO.ClH/c1-2-4-13(5-3-1)12-17-14-6-8-15(9-7-14)10-11-16-15;/h1-5,14,16H,6-12H2;1H. The average Bonchev–Trinajstić information content (AvgIpc) is 2.36. The Bertz CT molecular complexity index is 354. The molecule has 1 aliphatic heterocycles. The zero-order valence-corrected chi connectivity index (χ0v) is 11.5. The fraction of sp³-hybridized carbons (Fsp3) is 0.600. The summed E-state index contributed by atoms with van der Waals surface area (Å²) in [7, 11) is 0. The zero-order chi connectivity index (χ0) is 11.6. The van der Waals surface area contributed by atoms with Crippen LogP contribution in [-0.2, 0) is 11.3 Å². The van der Waals surface area contributed by atoms with Crippen LogP contribution in [-0.4, -0.2) is 18.2 Å². The van der Waals surface area contributed by atoms with E-state index in [2.05, 4.69) is 35.6 Å². The SMILES string of the molecule is Cl.c1ccc(COC2CCC3(CCN3)CC2)cc1. The summed E-state index contributed by atoms with van der Waals surface area (Å²) >= 11 is 0. The highest BCUT2D eigenvalue weighted by molar-refractivity contribution is 5.85. The van der Waals surface area contributed by atoms with E-state index in [1.54, 1.807) is 0 Å². The molecule has 0 bridgehead atoms. The second-order valence-corrected chi connectivity index (χ2v) is 5.45. The summed E-state index contributed by atoms with van der Waals surface area (Å²) in [5.74, 6) is 0. The van der Waals surface area contributed by atoms with Gasteiger partial charge in [-0.1, -0.05) is 30.3 Å². The van der Waals surface area contributed by atoms with Gasteiger partial charge in [-0.25, -0.2) is 0 Å². The van der Waals surface area contributed by atoms with Gasteiger partial charge >= 0.3 is 0 Å². The number of benzene rings is 1. The molecular weight excluding hydrogens is 246 g/mol. The van der Waals surface area contributed by atoms with Crippen LogP contribution in [0.2, 0.25) is 0 Å². The molecule has 100 valence electrons. The molecule has 1 saturated heterocycles. The van der Waals surface area contributed by atoms with Gasteiger partial charge in [-0.15, -0.1) is 12.4 Å². The molecule has 1 spiro atoms. The van der Waals surface area contributed by atoms with Gasteiger partial charge in [0.1, 0.15) is 0 Å². The van der Waals surface area contributed by atoms with Crippen LogP contribution in [0.25, 0.3) is 0 Å². The fourth-order valence-electron chi connectivity index (χ4n) is 3.00. The quantitative estimate of drug-likeness (QED) is 0.907. The second-order valence-electron chi connectivity index (χ2n) is 5.45. The van der Waals surface area contributed by atoms with E-state index in [4.69, 9.17) is 4.74 Å². The highest BCUT2D eigenvalue weighted by Crippen LogP contribution is 2.36. The van der Waals surface area contributed by atoms with Crippen LogP contribution in [0, 0.1) is 0 Å². The van der Waals surface area contributed by atoms with Crippen molar-refractivity contribution in [1.82, 2.24) is 5.32 Å². The highest BCUT2D eigenvalue weighted by Gasteiger charge is 2.39. The molecule has 3 heteroatoms. The van der Waals surface area contributed by atoms with E-state index < -0.39 is 0 Å². The Hall–Kier alpha value is -0.570. The third kappa shape index (κ3) is 3.05. The van der Waals surface area contributed by atoms with E-state index in [-0.39, 0.29) is 12.4 Å². The molecule has 0 aromatic heterocycles. The van der Waals surface area contributed by atoms with E-state index in [0.29, 0.717) is 11.6 Å². The minimum absolute atomic E-state index is 0. The molecule has 3 rings (SSSR count). The summed E-state index contributed by atoms with van der Waals surface area (Å²) < 4.78 is 6.00. The molecule has 0 unspecified atom stereocenters. The maximum Gasteiger partial charge on any atom is 0.0720 e. The highest BCUT2D eigenvalue weighted by atomic mass is 35.5. The molecule has 1 aromatic rings. The lowest BCUT2D eigenvalue weighted by molar-refractivity contribution is -0.0145. The molecule has 0 radical (unpaired) electrons. The Kier molecular flexibility index (Phi) is 4.66. The van der Waals surface area contributed by atoms with Crippen molar-refractivity contribution in [1.29, 1.82) is 0 Å². The number of hydrogen-bond donors (Lipinski definition) is 1. The summed E-state index contributed by atoms with van der Waals surface area (Å²) in [6.07, 6.45) is 6.89. The van der Waals surface area contributed by atoms with Gasteiger partial charge in [0.2, 0.25) is 0 Å². The Morgan fingerprint density at radius 1 is 1.11 bits per heavy atom. The van der Waals surface area contributed by atoms with Crippen molar-refractivity contribution in [2.45, 2.75) is 50.4 Å². The third-order valence-electron chi connectivity index (χ3n) is 4.32. The van der Waals surface area contributed by atoms with Gasteiger partial charge in [0.25, 0.3) is 0 Å². The van der Waals surface area contributed by atoms with Crippen molar-refractivity contribution in [3.8, 4) is 0 Å². The molecular formula is C15H22ClNO. The summed E-state index contributed by atoms with van der Waals surface area (Å²) in [6, 6.07) is 10.5. The van der Waals surface area contributed by atoms with Crippen LogP contribution in [0.15, 0.2) is 30.3 Å². The van der Waals surface area contributed by atoms with E-state index in [0.717, 1.165) is 6.61 Å². The van der Waals surface area contributed by atoms with Crippen LogP contribution < -0.4 is 5.32 Å². The molecule has 1 aromatic carbocycles. The predicted octanol–water partition coefficient (Wildman–Crippen LogP) is 3.30. The van der Waals surface area contributed by atoms with E-state index in [1.165, 1.54) is 44.2 Å². The average molecular weight is 268 g/mol.